The molecule has 172 valence electrons. The summed E-state index contributed by atoms with van der Waals surface area (Å²) in [5.41, 5.74) is 4.76. The minimum Gasteiger partial charge on any atom is -0.463 e. The highest BCUT2D eigenvalue weighted by atomic mass is 35.5. The van der Waals surface area contributed by atoms with E-state index in [1.165, 1.54) is 29.8 Å². The Balaban J connectivity index is 1.33. The van der Waals surface area contributed by atoms with Crippen LogP contribution >= 0.6 is 22.9 Å². The monoisotopic (exact) mass is 498 g/mol. The van der Waals surface area contributed by atoms with E-state index in [4.69, 9.17) is 21.0 Å². The summed E-state index contributed by atoms with van der Waals surface area (Å²) >= 11 is 7.81. The summed E-state index contributed by atoms with van der Waals surface area (Å²) < 4.78 is 5.54. The number of aromatic nitrogens is 1. The lowest BCUT2D eigenvalue weighted by molar-refractivity contribution is -0.111. The van der Waals surface area contributed by atoms with Gasteiger partial charge in [0, 0.05) is 28.3 Å². The van der Waals surface area contributed by atoms with Gasteiger partial charge in [0.05, 0.1) is 21.7 Å². The summed E-state index contributed by atoms with van der Waals surface area (Å²) in [6.45, 7) is 1.91. The first-order valence-electron chi connectivity index (χ1n) is 10.8. The van der Waals surface area contributed by atoms with E-state index in [2.05, 4.69) is 5.32 Å². The lowest BCUT2D eigenvalue weighted by atomic mass is 10.1. The Morgan fingerprint density at radius 2 is 1.94 bits per heavy atom. The minimum atomic E-state index is -0.360. The number of benzene rings is 3. The SMILES string of the molecule is Cc1ccc2occ(/C=C/C(=O)Nc3cccc(-c4csc(-c5ccccc5Cl)n4)c3)c(=O)c2c1. The standard InChI is InChI=1S/C28H19ClN2O3S/c1-17-9-11-25-22(13-17)27(33)19(15-34-25)10-12-26(32)30-20-6-4-5-18(14-20)24-16-35-28(31-24)21-7-2-3-8-23(21)29/h2-16H,1H3,(H,30,32)/b12-10+. The van der Waals surface area contributed by atoms with Gasteiger partial charge >= 0.3 is 0 Å². The highest BCUT2D eigenvalue weighted by Crippen LogP contribution is 2.33. The van der Waals surface area contributed by atoms with Crippen LogP contribution < -0.4 is 10.7 Å². The fourth-order valence-electron chi connectivity index (χ4n) is 3.65. The first kappa shape index (κ1) is 22.8. The third-order valence-corrected chi connectivity index (χ3v) is 6.61. The minimum absolute atomic E-state index is 0.182. The maximum Gasteiger partial charge on any atom is 0.248 e. The zero-order valence-electron chi connectivity index (χ0n) is 18.6. The predicted octanol–water partition coefficient (Wildman–Crippen LogP) is 7.20. The van der Waals surface area contributed by atoms with Crippen molar-refractivity contribution in [3.63, 3.8) is 0 Å². The Bertz CT molecular complexity index is 1650. The molecule has 0 radical (unpaired) electrons. The summed E-state index contributed by atoms with van der Waals surface area (Å²) in [6.07, 6.45) is 4.14. The molecule has 0 aliphatic heterocycles. The molecule has 0 saturated heterocycles. The molecule has 0 spiro atoms. The van der Waals surface area contributed by atoms with Gasteiger partial charge in [0.1, 0.15) is 16.9 Å². The van der Waals surface area contributed by atoms with E-state index >= 15 is 0 Å². The number of halogens is 1. The van der Waals surface area contributed by atoms with Crippen LogP contribution in [0.15, 0.2) is 93.7 Å². The molecule has 0 aliphatic carbocycles. The molecule has 0 bridgehead atoms. The molecule has 5 nitrogen and oxygen atoms in total. The lowest BCUT2D eigenvalue weighted by Gasteiger charge is -2.05. The smallest absolute Gasteiger partial charge is 0.248 e. The highest BCUT2D eigenvalue weighted by molar-refractivity contribution is 7.13. The zero-order chi connectivity index (χ0) is 24.4. The van der Waals surface area contributed by atoms with Crippen LogP contribution in [0, 0.1) is 6.92 Å². The molecule has 1 N–H and O–H groups in total. The van der Waals surface area contributed by atoms with E-state index < -0.39 is 0 Å². The number of hydrogen-bond acceptors (Lipinski definition) is 5. The molecule has 0 aliphatic rings. The van der Waals surface area contributed by atoms with Crippen molar-refractivity contribution >= 4 is 51.6 Å². The molecule has 0 fully saturated rings. The normalized spacial score (nSPS) is 11.3. The second-order valence-electron chi connectivity index (χ2n) is 7.94. The van der Waals surface area contributed by atoms with Crippen molar-refractivity contribution in [1.29, 1.82) is 0 Å². The first-order valence-corrected chi connectivity index (χ1v) is 12.1. The van der Waals surface area contributed by atoms with Crippen LogP contribution in [0.5, 0.6) is 0 Å². The van der Waals surface area contributed by atoms with Crippen molar-refractivity contribution in [2.75, 3.05) is 5.32 Å². The molecule has 3 aromatic carbocycles. The van der Waals surface area contributed by atoms with Crippen molar-refractivity contribution < 1.29 is 9.21 Å². The molecule has 2 heterocycles. The number of thiazole rings is 1. The third-order valence-electron chi connectivity index (χ3n) is 5.40. The van der Waals surface area contributed by atoms with Gasteiger partial charge in [-0.05, 0) is 43.3 Å². The molecule has 5 rings (SSSR count). The number of rotatable bonds is 5. The largest absolute Gasteiger partial charge is 0.463 e. The number of nitrogens with one attached hydrogen (secondary N) is 1. The molecule has 7 heteroatoms. The molecular weight excluding hydrogens is 480 g/mol. The predicted molar refractivity (Wildman–Crippen MR) is 143 cm³/mol. The van der Waals surface area contributed by atoms with Crippen molar-refractivity contribution in [3.8, 4) is 21.8 Å². The van der Waals surface area contributed by atoms with E-state index in [0.717, 1.165) is 27.4 Å². The van der Waals surface area contributed by atoms with Crippen molar-refractivity contribution in [1.82, 2.24) is 4.98 Å². The molecule has 35 heavy (non-hydrogen) atoms. The maximum atomic E-state index is 12.7. The first-order chi connectivity index (χ1) is 17.0. The van der Waals surface area contributed by atoms with Gasteiger partial charge in [-0.3, -0.25) is 9.59 Å². The van der Waals surface area contributed by atoms with Gasteiger partial charge in [0.25, 0.3) is 0 Å². The van der Waals surface area contributed by atoms with E-state index in [9.17, 15) is 9.59 Å². The van der Waals surface area contributed by atoms with Crippen LogP contribution in [0.2, 0.25) is 5.02 Å². The molecule has 5 aromatic rings. The summed E-state index contributed by atoms with van der Waals surface area (Å²) in [5.74, 6) is -0.360. The van der Waals surface area contributed by atoms with Crippen LogP contribution in [0.4, 0.5) is 5.69 Å². The number of hydrogen-bond donors (Lipinski definition) is 1. The van der Waals surface area contributed by atoms with E-state index in [1.807, 2.05) is 60.8 Å². The van der Waals surface area contributed by atoms with Gasteiger partial charge in [-0.15, -0.1) is 11.3 Å². The van der Waals surface area contributed by atoms with Crippen molar-refractivity contribution in [2.45, 2.75) is 6.92 Å². The number of carbonyl (C=O) groups excluding carboxylic acids is 1. The second kappa shape index (κ2) is 9.70. The second-order valence-corrected chi connectivity index (χ2v) is 9.21. The quantitative estimate of drug-likeness (QED) is 0.260. The van der Waals surface area contributed by atoms with E-state index in [1.54, 1.807) is 18.2 Å². The van der Waals surface area contributed by atoms with Crippen molar-refractivity contribution in [2.24, 2.45) is 0 Å². The average molecular weight is 499 g/mol. The third kappa shape index (κ3) is 4.94. The van der Waals surface area contributed by atoms with Crippen LogP contribution in [0.1, 0.15) is 11.1 Å². The number of amides is 1. The maximum absolute atomic E-state index is 12.7. The Labute approximate surface area is 210 Å². The van der Waals surface area contributed by atoms with Gasteiger partial charge < -0.3 is 9.73 Å². The van der Waals surface area contributed by atoms with Gasteiger partial charge in [0.15, 0.2) is 5.43 Å². The van der Waals surface area contributed by atoms with Gasteiger partial charge in [-0.1, -0.05) is 53.6 Å². The van der Waals surface area contributed by atoms with Crippen molar-refractivity contribution in [3.05, 3.63) is 111 Å². The molecule has 2 aromatic heterocycles. The summed E-state index contributed by atoms with van der Waals surface area (Å²) in [5, 5.41) is 6.75. The Hall–Kier alpha value is -4.00. The van der Waals surface area contributed by atoms with Gasteiger partial charge in [-0.2, -0.15) is 0 Å². The Kier molecular flexibility index (Phi) is 6.31. The number of nitrogens with zero attached hydrogens (tertiary/aromatic N) is 1. The fourth-order valence-corrected chi connectivity index (χ4v) is 4.79. The lowest BCUT2D eigenvalue weighted by Crippen LogP contribution is -2.09. The average Bonchev–Trinajstić information content (AvgIpc) is 3.35. The summed E-state index contributed by atoms with van der Waals surface area (Å²) in [6, 6.07) is 20.4. The van der Waals surface area contributed by atoms with Crippen LogP contribution in [-0.4, -0.2) is 10.9 Å². The van der Waals surface area contributed by atoms with Gasteiger partial charge in [0.2, 0.25) is 5.91 Å². The van der Waals surface area contributed by atoms with Crippen LogP contribution in [0.25, 0.3) is 38.9 Å². The topological polar surface area (TPSA) is 72.2 Å². The molecule has 0 atom stereocenters. The van der Waals surface area contributed by atoms with Crippen LogP contribution in [0.3, 0.4) is 0 Å². The number of anilines is 1. The van der Waals surface area contributed by atoms with E-state index in [-0.39, 0.29) is 11.3 Å². The summed E-state index contributed by atoms with van der Waals surface area (Å²) in [7, 11) is 0. The van der Waals surface area contributed by atoms with Gasteiger partial charge in [-0.25, -0.2) is 4.98 Å². The van der Waals surface area contributed by atoms with E-state index in [0.29, 0.717) is 27.2 Å². The molecular formula is C28H19ClN2O3S. The van der Waals surface area contributed by atoms with Crippen LogP contribution in [-0.2, 0) is 4.79 Å². The number of aryl methyl sites for hydroxylation is 1. The molecule has 1 amide bonds. The fraction of sp³-hybridized carbons (Fsp3) is 0.0357. The summed E-state index contributed by atoms with van der Waals surface area (Å²) in [4.78, 5) is 30.0. The Morgan fingerprint density at radius 3 is 2.80 bits per heavy atom. The molecule has 0 saturated carbocycles. The number of carbonyl (C=O) groups is 1. The molecule has 0 unspecified atom stereocenters. The zero-order valence-corrected chi connectivity index (χ0v) is 20.2. The Morgan fingerprint density at radius 1 is 1.09 bits per heavy atom. The number of fused-ring (bicyclic) bond motifs is 1. The highest BCUT2D eigenvalue weighted by Gasteiger charge is 2.11.